The second kappa shape index (κ2) is 7.21. The average molecular weight is 312 g/mol. The van der Waals surface area contributed by atoms with Gasteiger partial charge in [-0.25, -0.2) is 0 Å². The highest BCUT2D eigenvalue weighted by Crippen LogP contribution is 2.18. The van der Waals surface area contributed by atoms with Crippen LogP contribution in [0.1, 0.15) is 25.3 Å². The molecular weight excluding hydrogens is 294 g/mol. The largest absolute Gasteiger partial charge is 0.484 e. The van der Waals surface area contributed by atoms with Gasteiger partial charge in [0.2, 0.25) is 0 Å². The third kappa shape index (κ3) is 5.36. The molecule has 1 amide bonds. The Hall–Kier alpha value is -1.29. The maximum absolute atomic E-state index is 11.4. The Bertz CT molecular complexity index is 412. The second-order valence-electron chi connectivity index (χ2n) is 4.31. The number of nitrogens with one attached hydrogen (secondary N) is 1. The molecule has 0 aliphatic carbocycles. The monoisotopic (exact) mass is 311 g/mol. The average Bonchev–Trinajstić information content (AvgIpc) is 2.34. The smallest absolute Gasteiger partial charge is 0.258 e. The topological polar surface area (TPSA) is 38.3 Å². The minimum absolute atomic E-state index is 0.0152. The predicted molar refractivity (Wildman–Crippen MR) is 77.1 cm³/mol. The fourth-order valence-corrected chi connectivity index (χ4v) is 1.48. The highest BCUT2D eigenvalue weighted by Gasteiger charge is 2.03. The molecule has 98 valence electrons. The van der Waals surface area contributed by atoms with Gasteiger partial charge in [-0.1, -0.05) is 48.5 Å². The number of carbonyl (C=O) groups excluding carboxylic acids is 1. The number of carbonyl (C=O) groups is 1. The second-order valence-corrected chi connectivity index (χ2v) is 5.43. The quantitative estimate of drug-likeness (QED) is 0.876. The van der Waals surface area contributed by atoms with E-state index in [0.717, 1.165) is 4.48 Å². The van der Waals surface area contributed by atoms with Gasteiger partial charge in [0.1, 0.15) is 5.75 Å². The van der Waals surface area contributed by atoms with Crippen LogP contribution >= 0.6 is 15.9 Å². The van der Waals surface area contributed by atoms with Crippen LogP contribution in [-0.2, 0) is 4.79 Å². The minimum Gasteiger partial charge on any atom is -0.484 e. The first-order chi connectivity index (χ1) is 8.49. The van der Waals surface area contributed by atoms with Crippen LogP contribution in [0, 0.1) is 0 Å². The number of ether oxygens (including phenoxy) is 1. The van der Waals surface area contributed by atoms with Crippen molar-refractivity contribution in [2.45, 2.75) is 19.8 Å². The number of rotatable bonds is 6. The Morgan fingerprint density at radius 1 is 1.39 bits per heavy atom. The predicted octanol–water partition coefficient (Wildman–Crippen LogP) is 3.21. The van der Waals surface area contributed by atoms with Gasteiger partial charge >= 0.3 is 0 Å². The number of amides is 1. The zero-order valence-corrected chi connectivity index (χ0v) is 12.3. The number of hydrogen-bond acceptors (Lipinski definition) is 2. The number of halogens is 1. The van der Waals surface area contributed by atoms with Crippen LogP contribution < -0.4 is 10.1 Å². The standard InChI is InChI=1S/C14H18BrNO2/c1-10(2)12-4-6-13(7-5-12)18-9-14(17)16-8-11(3)15/h4-7,10H,3,8-9H2,1-2H3,(H,16,17). The van der Waals surface area contributed by atoms with Crippen LogP contribution in [0.25, 0.3) is 0 Å². The van der Waals surface area contributed by atoms with Crippen molar-refractivity contribution in [2.24, 2.45) is 0 Å². The zero-order chi connectivity index (χ0) is 13.5. The molecule has 4 heteroatoms. The van der Waals surface area contributed by atoms with Gasteiger partial charge in [0.25, 0.3) is 5.91 Å². The normalized spacial score (nSPS) is 10.2. The highest BCUT2D eigenvalue weighted by molar-refractivity contribution is 9.11. The lowest BCUT2D eigenvalue weighted by atomic mass is 10.0. The van der Waals surface area contributed by atoms with Crippen LogP contribution in [0.15, 0.2) is 35.3 Å². The van der Waals surface area contributed by atoms with E-state index < -0.39 is 0 Å². The van der Waals surface area contributed by atoms with Gasteiger partial charge in [0, 0.05) is 11.0 Å². The van der Waals surface area contributed by atoms with Gasteiger partial charge in [0.15, 0.2) is 6.61 Å². The van der Waals surface area contributed by atoms with Crippen LogP contribution in [0.4, 0.5) is 0 Å². The lowest BCUT2D eigenvalue weighted by molar-refractivity contribution is -0.122. The molecule has 0 bridgehead atoms. The summed E-state index contributed by atoms with van der Waals surface area (Å²) in [7, 11) is 0. The number of hydrogen-bond donors (Lipinski definition) is 1. The maximum atomic E-state index is 11.4. The lowest BCUT2D eigenvalue weighted by Gasteiger charge is -2.09. The summed E-state index contributed by atoms with van der Waals surface area (Å²) in [5.74, 6) is 1.03. The van der Waals surface area contributed by atoms with Crippen molar-refractivity contribution in [2.75, 3.05) is 13.2 Å². The SMILES string of the molecule is C=C(Br)CNC(=O)COc1ccc(C(C)C)cc1. The van der Waals surface area contributed by atoms with Gasteiger partial charge in [-0.05, 0) is 23.6 Å². The van der Waals surface area contributed by atoms with E-state index in [1.807, 2.05) is 24.3 Å². The Kier molecular flexibility index (Phi) is 5.92. The molecule has 0 unspecified atom stereocenters. The molecule has 0 radical (unpaired) electrons. The molecule has 0 spiro atoms. The molecular formula is C14H18BrNO2. The van der Waals surface area contributed by atoms with Crippen LogP contribution in [0.2, 0.25) is 0 Å². The van der Waals surface area contributed by atoms with Crippen LogP contribution in [0.3, 0.4) is 0 Å². The fraction of sp³-hybridized carbons (Fsp3) is 0.357. The Labute approximate surface area is 116 Å². The van der Waals surface area contributed by atoms with Gasteiger partial charge < -0.3 is 10.1 Å². The van der Waals surface area contributed by atoms with Gasteiger partial charge in [-0.3, -0.25) is 4.79 Å². The van der Waals surface area contributed by atoms with E-state index in [9.17, 15) is 4.79 Å². The van der Waals surface area contributed by atoms with Crippen molar-refractivity contribution < 1.29 is 9.53 Å². The van der Waals surface area contributed by atoms with Gasteiger partial charge in [-0.2, -0.15) is 0 Å². The molecule has 18 heavy (non-hydrogen) atoms. The molecule has 1 rings (SSSR count). The first-order valence-corrected chi connectivity index (χ1v) is 6.61. The van der Waals surface area contributed by atoms with Crippen molar-refractivity contribution in [1.82, 2.24) is 5.32 Å². The van der Waals surface area contributed by atoms with Gasteiger partial charge in [0.05, 0.1) is 0 Å². The highest BCUT2D eigenvalue weighted by atomic mass is 79.9. The van der Waals surface area contributed by atoms with E-state index >= 15 is 0 Å². The molecule has 0 aliphatic heterocycles. The molecule has 1 aromatic carbocycles. The van der Waals surface area contributed by atoms with E-state index in [4.69, 9.17) is 4.74 Å². The van der Waals surface area contributed by atoms with E-state index in [2.05, 4.69) is 41.7 Å². The number of benzene rings is 1. The maximum Gasteiger partial charge on any atom is 0.258 e. The minimum atomic E-state index is -0.163. The molecule has 1 N–H and O–H groups in total. The van der Waals surface area contributed by atoms with Crippen LogP contribution in [0.5, 0.6) is 5.75 Å². The summed E-state index contributed by atoms with van der Waals surface area (Å²) in [6.45, 7) is 8.33. The van der Waals surface area contributed by atoms with E-state index in [1.165, 1.54) is 5.56 Å². The van der Waals surface area contributed by atoms with Crippen molar-refractivity contribution >= 4 is 21.8 Å². The van der Waals surface area contributed by atoms with E-state index in [1.54, 1.807) is 0 Å². The molecule has 0 heterocycles. The first kappa shape index (κ1) is 14.8. The first-order valence-electron chi connectivity index (χ1n) is 5.81. The molecule has 0 atom stereocenters. The summed E-state index contributed by atoms with van der Waals surface area (Å²) in [5.41, 5.74) is 1.25. The van der Waals surface area contributed by atoms with Crippen molar-refractivity contribution in [1.29, 1.82) is 0 Å². The zero-order valence-electron chi connectivity index (χ0n) is 10.7. The molecule has 3 nitrogen and oxygen atoms in total. The molecule has 0 saturated carbocycles. The van der Waals surface area contributed by atoms with Gasteiger partial charge in [-0.15, -0.1) is 0 Å². The third-order valence-corrected chi connectivity index (χ3v) is 2.67. The van der Waals surface area contributed by atoms with Crippen LogP contribution in [-0.4, -0.2) is 19.1 Å². The summed E-state index contributed by atoms with van der Waals surface area (Å²) in [6, 6.07) is 7.79. The van der Waals surface area contributed by atoms with E-state index in [-0.39, 0.29) is 12.5 Å². The summed E-state index contributed by atoms with van der Waals surface area (Å²) in [6.07, 6.45) is 0. The fourth-order valence-electron chi connectivity index (χ4n) is 1.34. The summed E-state index contributed by atoms with van der Waals surface area (Å²) in [4.78, 5) is 11.4. The summed E-state index contributed by atoms with van der Waals surface area (Å²) >= 11 is 3.17. The molecule has 0 aliphatic rings. The Morgan fingerprint density at radius 3 is 2.50 bits per heavy atom. The lowest BCUT2D eigenvalue weighted by Crippen LogP contribution is -2.29. The van der Waals surface area contributed by atoms with Crippen molar-refractivity contribution in [3.05, 3.63) is 40.9 Å². The summed E-state index contributed by atoms with van der Waals surface area (Å²) in [5, 5.41) is 2.67. The van der Waals surface area contributed by atoms with E-state index in [0.29, 0.717) is 18.2 Å². The third-order valence-electron chi connectivity index (χ3n) is 2.39. The molecule has 1 aromatic rings. The Morgan fingerprint density at radius 2 is 2.00 bits per heavy atom. The summed E-state index contributed by atoms with van der Waals surface area (Å²) < 4.78 is 6.11. The molecule has 0 fully saturated rings. The Balaban J connectivity index is 2.39. The van der Waals surface area contributed by atoms with Crippen molar-refractivity contribution in [3.8, 4) is 5.75 Å². The molecule has 0 saturated heterocycles. The molecule has 0 aromatic heterocycles. The van der Waals surface area contributed by atoms with Crippen molar-refractivity contribution in [3.63, 3.8) is 0 Å².